The molecule has 0 radical (unpaired) electrons. The maximum absolute atomic E-state index is 14.6. The molecule has 1 N–H and O–H groups in total. The van der Waals surface area contributed by atoms with Gasteiger partial charge < -0.3 is 10.1 Å². The van der Waals surface area contributed by atoms with Crippen molar-refractivity contribution >= 4 is 11.6 Å². The van der Waals surface area contributed by atoms with E-state index in [0.717, 1.165) is 44.6 Å². The Labute approximate surface area is 226 Å². The van der Waals surface area contributed by atoms with E-state index in [1.165, 1.54) is 12.1 Å². The highest BCUT2D eigenvalue weighted by atomic mass is 35.5. The molecule has 1 saturated heterocycles. The molecule has 3 nitrogen and oxygen atoms in total. The molecule has 200 valence electrons. The normalized spacial score (nSPS) is 14.5. The van der Waals surface area contributed by atoms with Gasteiger partial charge in [0.1, 0.15) is 12.4 Å². The number of nitrogens with zero attached hydrogens (tertiary/aromatic N) is 1. The first-order valence-electron chi connectivity index (χ1n) is 12.9. The molecule has 4 rings (SSSR count). The van der Waals surface area contributed by atoms with E-state index in [1.807, 2.05) is 50.2 Å². The van der Waals surface area contributed by atoms with Gasteiger partial charge in [-0.2, -0.15) is 0 Å². The third-order valence-electron chi connectivity index (χ3n) is 6.24. The zero-order chi connectivity index (χ0) is 27.0. The van der Waals surface area contributed by atoms with Crippen LogP contribution in [0.5, 0.6) is 5.75 Å². The molecule has 1 heterocycles. The van der Waals surface area contributed by atoms with E-state index in [-0.39, 0.29) is 17.7 Å². The number of nitrogens with one attached hydrogen (secondary N) is 1. The SMILES string of the molecule is C=C.CC.Fc1ccccc1OCCN1CCC(CNC(c2ccc(Cl)cc2)c2ccccc2F)CC1. The van der Waals surface area contributed by atoms with Gasteiger partial charge in [-0.1, -0.05) is 67.9 Å². The van der Waals surface area contributed by atoms with Gasteiger partial charge in [0.25, 0.3) is 0 Å². The summed E-state index contributed by atoms with van der Waals surface area (Å²) in [5.74, 6) is 0.273. The maximum atomic E-state index is 14.6. The summed E-state index contributed by atoms with van der Waals surface area (Å²) in [6, 6.07) is 20.8. The molecule has 0 aromatic heterocycles. The molecule has 1 aliphatic rings. The van der Waals surface area contributed by atoms with Crippen molar-refractivity contribution in [2.75, 3.05) is 32.8 Å². The Hall–Kier alpha value is -2.73. The lowest BCUT2D eigenvalue weighted by Crippen LogP contribution is -2.40. The zero-order valence-corrected chi connectivity index (χ0v) is 22.7. The van der Waals surface area contributed by atoms with Gasteiger partial charge in [-0.15, -0.1) is 13.2 Å². The first-order valence-corrected chi connectivity index (χ1v) is 13.3. The number of rotatable bonds is 9. The zero-order valence-electron chi connectivity index (χ0n) is 21.9. The molecule has 0 amide bonds. The lowest BCUT2D eigenvalue weighted by Gasteiger charge is -2.33. The second kappa shape index (κ2) is 16.9. The highest BCUT2D eigenvalue weighted by molar-refractivity contribution is 6.30. The van der Waals surface area contributed by atoms with Crippen molar-refractivity contribution < 1.29 is 13.5 Å². The summed E-state index contributed by atoms with van der Waals surface area (Å²) in [7, 11) is 0. The van der Waals surface area contributed by atoms with Crippen LogP contribution in [0.1, 0.15) is 43.9 Å². The third-order valence-corrected chi connectivity index (χ3v) is 6.49. The summed E-state index contributed by atoms with van der Waals surface area (Å²) < 4.78 is 33.8. The van der Waals surface area contributed by atoms with Crippen molar-refractivity contribution in [1.29, 1.82) is 0 Å². The van der Waals surface area contributed by atoms with Crippen LogP contribution in [-0.2, 0) is 0 Å². The summed E-state index contributed by atoms with van der Waals surface area (Å²) in [6.45, 7) is 14.0. The van der Waals surface area contributed by atoms with Crippen LogP contribution in [0.4, 0.5) is 8.78 Å². The van der Waals surface area contributed by atoms with E-state index >= 15 is 0 Å². The minimum Gasteiger partial charge on any atom is -0.489 e. The second-order valence-electron chi connectivity index (χ2n) is 8.48. The molecule has 3 aromatic rings. The van der Waals surface area contributed by atoms with Gasteiger partial charge >= 0.3 is 0 Å². The number of likely N-dealkylation sites (tertiary alicyclic amines) is 1. The fourth-order valence-electron chi connectivity index (χ4n) is 4.32. The average molecular weight is 529 g/mol. The average Bonchev–Trinajstić information content (AvgIpc) is 2.95. The highest BCUT2D eigenvalue weighted by Crippen LogP contribution is 2.27. The topological polar surface area (TPSA) is 24.5 Å². The number of ether oxygens (including phenoxy) is 1. The molecule has 1 aliphatic heterocycles. The van der Waals surface area contributed by atoms with E-state index in [4.69, 9.17) is 16.3 Å². The monoisotopic (exact) mass is 528 g/mol. The van der Waals surface area contributed by atoms with Crippen molar-refractivity contribution in [3.8, 4) is 5.75 Å². The van der Waals surface area contributed by atoms with Crippen LogP contribution in [0, 0.1) is 17.6 Å². The predicted octanol–water partition coefficient (Wildman–Crippen LogP) is 7.92. The molecular formula is C31H39ClF2N2O. The van der Waals surface area contributed by atoms with Crippen LogP contribution < -0.4 is 10.1 Å². The van der Waals surface area contributed by atoms with Crippen molar-refractivity contribution in [1.82, 2.24) is 10.2 Å². The number of para-hydroxylation sites is 1. The van der Waals surface area contributed by atoms with Crippen molar-refractivity contribution in [3.05, 3.63) is 114 Å². The molecule has 0 saturated carbocycles. The van der Waals surface area contributed by atoms with Crippen LogP contribution in [0.3, 0.4) is 0 Å². The van der Waals surface area contributed by atoms with Crippen LogP contribution in [-0.4, -0.2) is 37.7 Å². The van der Waals surface area contributed by atoms with Gasteiger partial charge in [-0.3, -0.25) is 4.90 Å². The standard InChI is InChI=1S/C27H29ClF2N2O.C2H6.C2H4/c28-22-11-9-21(10-12-22)27(23-5-1-2-6-24(23)29)31-19-20-13-15-32(16-14-20)17-18-33-26-8-4-3-7-25(26)30;2*1-2/h1-12,20,27,31H,13-19H2;1-2H3;1-2H2. The summed E-state index contributed by atoms with van der Waals surface area (Å²) in [4.78, 5) is 2.35. The van der Waals surface area contributed by atoms with Crippen molar-refractivity contribution in [2.45, 2.75) is 32.7 Å². The molecule has 1 atom stereocenters. The van der Waals surface area contributed by atoms with Crippen molar-refractivity contribution in [3.63, 3.8) is 0 Å². The largest absolute Gasteiger partial charge is 0.489 e. The Kier molecular flexibility index (Phi) is 13.9. The molecule has 6 heteroatoms. The molecule has 0 bridgehead atoms. The number of halogens is 3. The molecular weight excluding hydrogens is 490 g/mol. The molecule has 1 unspecified atom stereocenters. The van der Waals surface area contributed by atoms with Crippen molar-refractivity contribution in [2.24, 2.45) is 5.92 Å². The van der Waals surface area contributed by atoms with Gasteiger partial charge in [0, 0.05) is 17.1 Å². The Morgan fingerprint density at radius 3 is 2.14 bits per heavy atom. The quantitative estimate of drug-likeness (QED) is 0.285. The summed E-state index contributed by atoms with van der Waals surface area (Å²) in [5.41, 5.74) is 1.63. The number of hydrogen-bond acceptors (Lipinski definition) is 3. The van der Waals surface area contributed by atoms with E-state index in [1.54, 1.807) is 24.3 Å². The minimum atomic E-state index is -0.327. The van der Waals surface area contributed by atoms with Crippen LogP contribution in [0.25, 0.3) is 0 Å². The van der Waals surface area contributed by atoms with E-state index in [9.17, 15) is 8.78 Å². The maximum Gasteiger partial charge on any atom is 0.165 e. The summed E-state index contributed by atoms with van der Waals surface area (Å²) in [5, 5.41) is 4.26. The Morgan fingerprint density at radius 1 is 0.919 bits per heavy atom. The van der Waals surface area contributed by atoms with Gasteiger partial charge in [-0.05, 0) is 74.3 Å². The molecule has 0 spiro atoms. The Bertz CT molecular complexity index is 1040. The number of piperidine rings is 1. The van der Waals surface area contributed by atoms with Crippen LogP contribution in [0.15, 0.2) is 86.0 Å². The number of benzene rings is 3. The Morgan fingerprint density at radius 2 is 1.51 bits per heavy atom. The van der Waals surface area contributed by atoms with Gasteiger partial charge in [0.2, 0.25) is 0 Å². The first-order chi connectivity index (χ1) is 18.1. The lowest BCUT2D eigenvalue weighted by atomic mass is 9.94. The third kappa shape index (κ3) is 9.58. The summed E-state index contributed by atoms with van der Waals surface area (Å²) in [6.07, 6.45) is 2.11. The summed E-state index contributed by atoms with van der Waals surface area (Å²) >= 11 is 6.06. The van der Waals surface area contributed by atoms with E-state index in [0.29, 0.717) is 28.9 Å². The molecule has 3 aromatic carbocycles. The fourth-order valence-corrected chi connectivity index (χ4v) is 4.44. The van der Waals surface area contributed by atoms with Gasteiger partial charge in [-0.25, -0.2) is 8.78 Å². The Balaban J connectivity index is 0.00000115. The van der Waals surface area contributed by atoms with Crippen LogP contribution >= 0.6 is 11.6 Å². The molecule has 37 heavy (non-hydrogen) atoms. The lowest BCUT2D eigenvalue weighted by molar-refractivity contribution is 0.151. The predicted molar refractivity (Wildman–Crippen MR) is 151 cm³/mol. The first kappa shape index (κ1) is 30.5. The van der Waals surface area contributed by atoms with E-state index in [2.05, 4.69) is 23.4 Å². The fraction of sp³-hybridized carbons (Fsp3) is 0.355. The van der Waals surface area contributed by atoms with Crippen LogP contribution in [0.2, 0.25) is 5.02 Å². The molecule has 1 fully saturated rings. The van der Waals surface area contributed by atoms with Gasteiger partial charge in [0.15, 0.2) is 11.6 Å². The second-order valence-corrected chi connectivity index (χ2v) is 8.91. The smallest absolute Gasteiger partial charge is 0.165 e. The van der Waals surface area contributed by atoms with E-state index < -0.39 is 0 Å². The number of hydrogen-bond donors (Lipinski definition) is 1. The van der Waals surface area contributed by atoms with Gasteiger partial charge in [0.05, 0.1) is 6.04 Å². The minimum absolute atomic E-state index is 0.213. The molecule has 0 aliphatic carbocycles. The highest BCUT2D eigenvalue weighted by Gasteiger charge is 2.22.